The van der Waals surface area contributed by atoms with Gasteiger partial charge < -0.3 is 89.0 Å². The monoisotopic (exact) mass is 726 g/mol. The Hall–Kier alpha value is -3.67. The van der Waals surface area contributed by atoms with Crippen molar-refractivity contribution in [2.45, 2.75) is 86.3 Å². The van der Waals surface area contributed by atoms with Crippen molar-refractivity contribution in [1.82, 2.24) is 0 Å². The third-order valence-electron chi connectivity index (χ3n) is 9.03. The van der Waals surface area contributed by atoms with Crippen molar-refractivity contribution in [3.63, 3.8) is 0 Å². The highest BCUT2D eigenvalue weighted by atomic mass is 16.8. The Bertz CT molecular complexity index is 1750. The van der Waals surface area contributed by atoms with E-state index in [9.17, 15) is 61.0 Å². The van der Waals surface area contributed by atoms with E-state index >= 15 is 0 Å². The quantitative estimate of drug-likeness (QED) is 0.105. The predicted octanol–water partition coefficient (Wildman–Crippen LogP) is -2.93. The average molecular weight is 727 g/mol. The molecule has 0 saturated carbocycles. The molecule has 2 aromatic carbocycles. The van der Waals surface area contributed by atoms with Crippen LogP contribution in [-0.4, -0.2) is 155 Å². The highest BCUT2D eigenvalue weighted by Gasteiger charge is 2.54. The lowest BCUT2D eigenvalue weighted by Gasteiger charge is -2.44. The van der Waals surface area contributed by atoms with E-state index in [1.807, 2.05) is 0 Å². The zero-order valence-electron chi connectivity index (χ0n) is 26.7. The fourth-order valence-electron chi connectivity index (χ4n) is 5.98. The first-order valence-corrected chi connectivity index (χ1v) is 15.7. The second kappa shape index (κ2) is 14.4. The third kappa shape index (κ3) is 6.97. The molecule has 0 aliphatic carbocycles. The molecule has 6 rings (SSSR count). The molecule has 19 heteroatoms. The Balaban J connectivity index is 1.38. The number of ether oxygens (including phenoxy) is 6. The van der Waals surface area contributed by atoms with E-state index in [2.05, 4.69) is 0 Å². The van der Waals surface area contributed by atoms with Gasteiger partial charge in [0.1, 0.15) is 76.5 Å². The van der Waals surface area contributed by atoms with Gasteiger partial charge in [0.25, 0.3) is 0 Å². The van der Waals surface area contributed by atoms with Gasteiger partial charge in [0.15, 0.2) is 24.4 Å². The van der Waals surface area contributed by atoms with E-state index < -0.39 is 127 Å². The van der Waals surface area contributed by atoms with Crippen molar-refractivity contribution >= 4 is 11.0 Å². The van der Waals surface area contributed by atoms with Crippen molar-refractivity contribution in [3.05, 3.63) is 46.6 Å². The van der Waals surface area contributed by atoms with Crippen molar-refractivity contribution in [2.75, 3.05) is 19.8 Å². The fourth-order valence-corrected chi connectivity index (χ4v) is 5.98. The maximum absolute atomic E-state index is 14.0. The molecule has 3 fully saturated rings. The van der Waals surface area contributed by atoms with Gasteiger partial charge in [0.2, 0.25) is 17.5 Å². The summed E-state index contributed by atoms with van der Waals surface area (Å²) in [5, 5.41) is 114. The molecule has 3 saturated heterocycles. The number of rotatable bonds is 9. The van der Waals surface area contributed by atoms with Gasteiger partial charge in [0.05, 0.1) is 25.9 Å². The third-order valence-corrected chi connectivity index (χ3v) is 9.03. The molecule has 1 aromatic heterocycles. The van der Waals surface area contributed by atoms with Crippen LogP contribution < -0.4 is 10.2 Å². The van der Waals surface area contributed by atoms with Gasteiger partial charge in [-0.15, -0.1) is 0 Å². The Labute approximate surface area is 287 Å². The molecular formula is C32H38O19. The van der Waals surface area contributed by atoms with Gasteiger partial charge in [-0.05, 0) is 31.2 Å². The predicted molar refractivity (Wildman–Crippen MR) is 165 cm³/mol. The molecular weight excluding hydrogens is 688 g/mol. The van der Waals surface area contributed by atoms with E-state index in [1.165, 1.54) is 31.2 Å². The smallest absolute Gasteiger partial charge is 0.239 e. The van der Waals surface area contributed by atoms with Gasteiger partial charge in [0, 0.05) is 17.7 Å². The van der Waals surface area contributed by atoms with Gasteiger partial charge in [-0.1, -0.05) is 0 Å². The minimum Gasteiger partial charge on any atom is -0.508 e. The van der Waals surface area contributed by atoms with Crippen LogP contribution in [0.25, 0.3) is 22.3 Å². The van der Waals surface area contributed by atoms with Crippen molar-refractivity contribution < 1.29 is 89.0 Å². The number of phenolic OH excluding ortho intramolecular Hbond substituents is 3. The molecule has 0 bridgehead atoms. The van der Waals surface area contributed by atoms with E-state index in [-0.39, 0.29) is 22.7 Å². The second-order valence-electron chi connectivity index (χ2n) is 12.6. The number of hydrogen-bond acceptors (Lipinski definition) is 19. The summed E-state index contributed by atoms with van der Waals surface area (Å²) in [6, 6.07) is 7.15. The number of phenols is 3. The second-order valence-corrected chi connectivity index (χ2v) is 12.6. The highest BCUT2D eigenvalue weighted by molar-refractivity contribution is 5.88. The van der Waals surface area contributed by atoms with Gasteiger partial charge in [-0.25, -0.2) is 0 Å². The molecule has 280 valence electrons. The summed E-state index contributed by atoms with van der Waals surface area (Å²) in [4.78, 5) is 14.0. The number of hydrogen-bond donors (Lipinski definition) is 11. The summed E-state index contributed by atoms with van der Waals surface area (Å²) in [6.07, 6.45) is -20.2. The molecule has 0 radical (unpaired) electrons. The molecule has 3 aromatic rings. The lowest BCUT2D eigenvalue weighted by molar-refractivity contribution is -0.335. The number of aromatic hydroxyl groups is 3. The molecule has 3 aliphatic heterocycles. The number of benzene rings is 2. The summed E-state index contributed by atoms with van der Waals surface area (Å²) >= 11 is 0. The number of aliphatic hydroxyl groups excluding tert-OH is 7. The molecule has 0 unspecified atom stereocenters. The zero-order chi connectivity index (χ0) is 36.9. The summed E-state index contributed by atoms with van der Waals surface area (Å²) in [6.45, 7) is -0.787. The van der Waals surface area contributed by atoms with Crippen molar-refractivity contribution in [1.29, 1.82) is 0 Å². The SMILES string of the molecule is C[C@@H]1O[C@H](OC[C@H]2O[C@@H](Oc3c(-c4ccc(O)cc4)oc4cc(O)cc(O)c4c3=O)[C@H](O[C@@H]3OC[C@](O)(CO)[C@H]3O)[C@@H](O)[C@H]2O)[C@H](O)[C@H](O)[C@H]1O. The first kappa shape index (κ1) is 37.1. The average Bonchev–Trinajstić information content (AvgIpc) is 3.38. The molecule has 51 heavy (non-hydrogen) atoms. The van der Waals surface area contributed by atoms with E-state index in [1.54, 1.807) is 0 Å². The summed E-state index contributed by atoms with van der Waals surface area (Å²) in [5.41, 5.74) is -3.31. The molecule has 3 aliphatic rings. The molecule has 11 N–H and O–H groups in total. The number of fused-ring (bicyclic) bond motifs is 1. The van der Waals surface area contributed by atoms with Gasteiger partial charge >= 0.3 is 0 Å². The van der Waals surface area contributed by atoms with Crippen LogP contribution >= 0.6 is 0 Å². The largest absolute Gasteiger partial charge is 0.508 e. The van der Waals surface area contributed by atoms with E-state index in [0.29, 0.717) is 0 Å². The van der Waals surface area contributed by atoms with Crippen LogP contribution in [0.5, 0.6) is 23.0 Å². The maximum Gasteiger partial charge on any atom is 0.239 e. The van der Waals surface area contributed by atoms with E-state index in [0.717, 1.165) is 12.1 Å². The fraction of sp³-hybridized carbons (Fsp3) is 0.531. The first-order valence-electron chi connectivity index (χ1n) is 15.7. The minimum absolute atomic E-state index is 0.138. The van der Waals surface area contributed by atoms with Gasteiger partial charge in [-0.2, -0.15) is 0 Å². The van der Waals surface area contributed by atoms with Crippen LogP contribution in [-0.2, 0) is 23.7 Å². The van der Waals surface area contributed by atoms with Crippen molar-refractivity contribution in [2.24, 2.45) is 0 Å². The van der Waals surface area contributed by atoms with Crippen molar-refractivity contribution in [3.8, 4) is 34.3 Å². The maximum atomic E-state index is 14.0. The Morgan fingerprint density at radius 3 is 2.22 bits per heavy atom. The minimum atomic E-state index is -2.17. The standard InChI is InChI=1S/C32H38O19/c1-11-19(37)22(40)24(42)29(47-11)45-8-17-20(38)23(41)27(51-31-28(43)32(44,9-33)10-46-31)30(49-17)50-26-21(39)18-15(36)6-14(35)7-16(18)48-25(26)12-2-4-13(34)5-3-12/h2-7,11,17,19-20,22-24,27-31,33-38,40-44H,8-10H2,1H3/t11-,17+,19-,20-,22+,23-,24+,27+,28-,29-,30-,31-,32+/m0/s1. The first-order chi connectivity index (χ1) is 24.1. The topological polar surface area (TPSA) is 308 Å². The highest BCUT2D eigenvalue weighted by Crippen LogP contribution is 2.39. The van der Waals surface area contributed by atoms with Gasteiger partial charge in [-0.3, -0.25) is 4.79 Å². The zero-order valence-corrected chi connectivity index (χ0v) is 26.7. The Morgan fingerprint density at radius 2 is 1.55 bits per heavy atom. The van der Waals surface area contributed by atoms with Crippen LogP contribution in [0.4, 0.5) is 0 Å². The molecule has 4 heterocycles. The normalized spacial score (nSPS) is 37.1. The summed E-state index contributed by atoms with van der Waals surface area (Å²) in [7, 11) is 0. The lowest BCUT2D eigenvalue weighted by atomic mass is 9.97. The molecule has 19 nitrogen and oxygen atoms in total. The van der Waals surface area contributed by atoms with Crippen LogP contribution in [0.1, 0.15) is 6.92 Å². The summed E-state index contributed by atoms with van der Waals surface area (Å²) in [5.74, 6) is -2.27. The van der Waals surface area contributed by atoms with E-state index in [4.69, 9.17) is 32.8 Å². The van der Waals surface area contributed by atoms with Crippen LogP contribution in [0.3, 0.4) is 0 Å². The summed E-state index contributed by atoms with van der Waals surface area (Å²) < 4.78 is 39.9. The lowest BCUT2D eigenvalue weighted by Crippen LogP contribution is -2.63. The van der Waals surface area contributed by atoms with Crippen LogP contribution in [0.2, 0.25) is 0 Å². The Kier molecular flexibility index (Phi) is 10.5. The molecule has 0 amide bonds. The Morgan fingerprint density at radius 1 is 0.843 bits per heavy atom. The number of aliphatic hydroxyl groups is 8. The van der Waals surface area contributed by atoms with Crippen LogP contribution in [0, 0.1) is 0 Å². The van der Waals surface area contributed by atoms with Crippen LogP contribution in [0.15, 0.2) is 45.6 Å². The molecule has 13 atom stereocenters. The molecule has 0 spiro atoms.